The maximum absolute atomic E-state index is 11.8. The van der Waals surface area contributed by atoms with Crippen molar-refractivity contribution < 1.29 is 8.42 Å². The average Bonchev–Trinajstić information content (AvgIpc) is 2.53. The van der Waals surface area contributed by atoms with Crippen LogP contribution in [0.25, 0.3) is 0 Å². The number of sulfonamides is 1. The van der Waals surface area contributed by atoms with Crippen LogP contribution in [0.15, 0.2) is 12.1 Å². The summed E-state index contributed by atoms with van der Waals surface area (Å²) >= 11 is 0. The van der Waals surface area contributed by atoms with Gasteiger partial charge in [0.25, 0.3) is 0 Å². The fourth-order valence-corrected chi connectivity index (χ4v) is 3.58. The second-order valence-electron chi connectivity index (χ2n) is 5.47. The molecule has 0 bridgehead atoms. The fourth-order valence-electron chi connectivity index (χ4n) is 2.39. The summed E-state index contributed by atoms with van der Waals surface area (Å²) < 4.78 is 26.1. The van der Waals surface area contributed by atoms with E-state index >= 15 is 0 Å². The Morgan fingerprint density at radius 1 is 1.14 bits per heavy atom. The Morgan fingerprint density at radius 2 is 1.86 bits per heavy atom. The standard InChI is InChI=1S/C14H25N5O2S/c1-3-5-12-22(20,21)17-13-6-7-14(16-15-13)19-10-8-18(4-2)9-11-19/h6-7H,3-5,8-12H2,1-2H3,(H,15,17). The normalized spacial score (nSPS) is 16.7. The molecule has 22 heavy (non-hydrogen) atoms. The van der Waals surface area contributed by atoms with Gasteiger partial charge in [-0.05, 0) is 25.1 Å². The van der Waals surface area contributed by atoms with Gasteiger partial charge in [0.2, 0.25) is 10.0 Å². The van der Waals surface area contributed by atoms with Crippen LogP contribution in [-0.4, -0.2) is 62.0 Å². The predicted octanol–water partition coefficient (Wildman–Crippen LogP) is 1.16. The van der Waals surface area contributed by atoms with Crippen molar-refractivity contribution in [3.8, 4) is 0 Å². The van der Waals surface area contributed by atoms with Crippen molar-refractivity contribution in [2.24, 2.45) is 0 Å². The van der Waals surface area contributed by atoms with Gasteiger partial charge in [0.05, 0.1) is 5.75 Å². The van der Waals surface area contributed by atoms with Gasteiger partial charge < -0.3 is 9.80 Å². The number of hydrogen-bond donors (Lipinski definition) is 1. The summed E-state index contributed by atoms with van der Waals surface area (Å²) in [5.41, 5.74) is 0. The Hall–Kier alpha value is -1.41. The van der Waals surface area contributed by atoms with Gasteiger partial charge >= 0.3 is 0 Å². The molecule has 0 atom stereocenters. The molecule has 1 aliphatic heterocycles. The van der Waals surface area contributed by atoms with Gasteiger partial charge in [-0.1, -0.05) is 20.3 Å². The summed E-state index contributed by atoms with van der Waals surface area (Å²) in [5, 5.41) is 8.14. The topological polar surface area (TPSA) is 78.4 Å². The van der Waals surface area contributed by atoms with Crippen LogP contribution in [0.5, 0.6) is 0 Å². The maximum atomic E-state index is 11.8. The molecule has 0 radical (unpaired) electrons. The molecule has 1 N–H and O–H groups in total. The maximum Gasteiger partial charge on any atom is 0.233 e. The van der Waals surface area contributed by atoms with E-state index in [9.17, 15) is 8.42 Å². The van der Waals surface area contributed by atoms with E-state index in [2.05, 4.69) is 31.6 Å². The second-order valence-corrected chi connectivity index (χ2v) is 7.31. The molecule has 0 aliphatic carbocycles. The molecule has 124 valence electrons. The van der Waals surface area contributed by atoms with Gasteiger partial charge in [-0.25, -0.2) is 8.42 Å². The van der Waals surface area contributed by atoms with Gasteiger partial charge in [-0.3, -0.25) is 4.72 Å². The van der Waals surface area contributed by atoms with Crippen LogP contribution in [0.2, 0.25) is 0 Å². The van der Waals surface area contributed by atoms with Crippen molar-refractivity contribution in [3.63, 3.8) is 0 Å². The Bertz CT molecular complexity index is 553. The van der Waals surface area contributed by atoms with Gasteiger partial charge in [-0.15, -0.1) is 10.2 Å². The molecule has 0 amide bonds. The minimum atomic E-state index is -3.32. The summed E-state index contributed by atoms with van der Waals surface area (Å²) in [5.74, 6) is 1.20. The van der Waals surface area contributed by atoms with Crippen LogP contribution in [-0.2, 0) is 10.0 Å². The van der Waals surface area contributed by atoms with Crippen LogP contribution in [0, 0.1) is 0 Å². The zero-order chi connectivity index (χ0) is 16.0. The number of likely N-dealkylation sites (N-methyl/N-ethyl adjacent to an activating group) is 1. The number of unbranched alkanes of at least 4 members (excludes halogenated alkanes) is 1. The highest BCUT2D eigenvalue weighted by atomic mass is 32.2. The molecule has 1 aromatic heterocycles. The van der Waals surface area contributed by atoms with E-state index in [0.29, 0.717) is 6.42 Å². The van der Waals surface area contributed by atoms with Crippen LogP contribution >= 0.6 is 0 Å². The van der Waals surface area contributed by atoms with Crippen LogP contribution < -0.4 is 9.62 Å². The van der Waals surface area contributed by atoms with E-state index in [1.54, 1.807) is 6.07 Å². The quantitative estimate of drug-likeness (QED) is 0.810. The smallest absolute Gasteiger partial charge is 0.233 e. The van der Waals surface area contributed by atoms with Gasteiger partial charge in [0, 0.05) is 26.2 Å². The second kappa shape index (κ2) is 7.73. The molecule has 1 aromatic rings. The zero-order valence-electron chi connectivity index (χ0n) is 13.3. The van der Waals surface area contributed by atoms with E-state index in [-0.39, 0.29) is 11.6 Å². The van der Waals surface area contributed by atoms with E-state index in [1.165, 1.54) is 0 Å². The molecule has 1 fully saturated rings. The average molecular weight is 327 g/mol. The van der Waals surface area contributed by atoms with E-state index in [1.807, 2.05) is 13.0 Å². The summed E-state index contributed by atoms with van der Waals surface area (Å²) in [6.07, 6.45) is 1.48. The number of nitrogens with one attached hydrogen (secondary N) is 1. The molecule has 1 aliphatic rings. The van der Waals surface area contributed by atoms with Gasteiger partial charge in [0.15, 0.2) is 11.6 Å². The van der Waals surface area contributed by atoms with Crippen LogP contribution in [0.4, 0.5) is 11.6 Å². The van der Waals surface area contributed by atoms with E-state index in [4.69, 9.17) is 0 Å². The molecule has 0 unspecified atom stereocenters. The molecule has 8 heteroatoms. The van der Waals surface area contributed by atoms with Crippen LogP contribution in [0.1, 0.15) is 26.7 Å². The minimum absolute atomic E-state index is 0.117. The number of hydrogen-bond acceptors (Lipinski definition) is 6. The predicted molar refractivity (Wildman–Crippen MR) is 88.7 cm³/mol. The highest BCUT2D eigenvalue weighted by Gasteiger charge is 2.17. The molecule has 7 nitrogen and oxygen atoms in total. The van der Waals surface area contributed by atoms with Crippen molar-refractivity contribution >= 4 is 21.7 Å². The summed E-state index contributed by atoms with van der Waals surface area (Å²) in [6.45, 7) is 9.07. The highest BCUT2D eigenvalue weighted by molar-refractivity contribution is 7.92. The van der Waals surface area contributed by atoms with E-state index in [0.717, 1.165) is 45.0 Å². The minimum Gasteiger partial charge on any atom is -0.353 e. The van der Waals surface area contributed by atoms with Crippen LogP contribution in [0.3, 0.4) is 0 Å². The lowest BCUT2D eigenvalue weighted by atomic mass is 10.3. The summed E-state index contributed by atoms with van der Waals surface area (Å²) in [4.78, 5) is 4.56. The Kier molecular flexibility index (Phi) is 5.96. The molecular formula is C14H25N5O2S. The highest BCUT2D eigenvalue weighted by Crippen LogP contribution is 2.15. The molecule has 2 rings (SSSR count). The molecule has 1 saturated heterocycles. The third-order valence-corrected chi connectivity index (χ3v) is 5.17. The third-order valence-electron chi connectivity index (χ3n) is 3.82. The SMILES string of the molecule is CCCCS(=O)(=O)Nc1ccc(N2CCN(CC)CC2)nn1. The number of nitrogens with zero attached hydrogens (tertiary/aromatic N) is 4. The monoisotopic (exact) mass is 327 g/mol. The lowest BCUT2D eigenvalue weighted by Gasteiger charge is -2.34. The van der Waals surface area contributed by atoms with Crippen molar-refractivity contribution in [3.05, 3.63) is 12.1 Å². The summed E-state index contributed by atoms with van der Waals surface area (Å²) in [6, 6.07) is 3.50. The Balaban J connectivity index is 1.93. The lowest BCUT2D eigenvalue weighted by molar-refractivity contribution is 0.270. The first-order valence-electron chi connectivity index (χ1n) is 7.85. The number of anilines is 2. The Labute approximate surface area is 132 Å². The fraction of sp³-hybridized carbons (Fsp3) is 0.714. The third kappa shape index (κ3) is 4.81. The Morgan fingerprint density at radius 3 is 2.41 bits per heavy atom. The number of rotatable bonds is 7. The summed E-state index contributed by atoms with van der Waals surface area (Å²) in [7, 11) is -3.32. The van der Waals surface area contributed by atoms with Crippen molar-refractivity contribution in [1.29, 1.82) is 0 Å². The van der Waals surface area contributed by atoms with Crippen molar-refractivity contribution in [2.75, 3.05) is 48.1 Å². The zero-order valence-corrected chi connectivity index (χ0v) is 14.1. The first-order valence-corrected chi connectivity index (χ1v) is 9.51. The first kappa shape index (κ1) is 17.0. The largest absolute Gasteiger partial charge is 0.353 e. The van der Waals surface area contributed by atoms with Crippen molar-refractivity contribution in [2.45, 2.75) is 26.7 Å². The van der Waals surface area contributed by atoms with E-state index < -0.39 is 10.0 Å². The van der Waals surface area contributed by atoms with Gasteiger partial charge in [-0.2, -0.15) is 0 Å². The van der Waals surface area contributed by atoms with Gasteiger partial charge in [0.1, 0.15) is 0 Å². The molecule has 2 heterocycles. The molecule has 0 saturated carbocycles. The molecule has 0 spiro atoms. The van der Waals surface area contributed by atoms with Crippen molar-refractivity contribution in [1.82, 2.24) is 15.1 Å². The molecular weight excluding hydrogens is 302 g/mol. The lowest BCUT2D eigenvalue weighted by Crippen LogP contribution is -2.46. The number of piperazine rings is 1. The number of aromatic nitrogens is 2. The molecule has 0 aromatic carbocycles. The first-order chi connectivity index (χ1) is 10.5.